The molecule has 0 bridgehead atoms. The fraction of sp³-hybridized carbons (Fsp3) is 0.667. The summed E-state index contributed by atoms with van der Waals surface area (Å²) in [6.07, 6.45) is 3.28. The minimum atomic E-state index is 0.325. The van der Waals surface area contributed by atoms with Crippen LogP contribution in [-0.4, -0.2) is 30.8 Å². The third-order valence-corrected chi connectivity index (χ3v) is 2.97. The lowest BCUT2D eigenvalue weighted by molar-refractivity contribution is 0.0821. The second-order valence-corrected chi connectivity index (χ2v) is 4.17. The number of rotatable bonds is 1. The molecule has 3 nitrogen and oxygen atoms in total. The van der Waals surface area contributed by atoms with Gasteiger partial charge in [-0.15, -0.1) is 11.3 Å². The maximum absolute atomic E-state index is 5.57. The highest BCUT2D eigenvalue weighted by Gasteiger charge is 2.16. The van der Waals surface area contributed by atoms with Crippen molar-refractivity contribution in [3.8, 4) is 0 Å². The zero-order valence-corrected chi connectivity index (χ0v) is 8.59. The number of nitrogens with zero attached hydrogens (tertiary/aromatic N) is 2. The van der Waals surface area contributed by atoms with Crippen LogP contribution in [0.15, 0.2) is 11.6 Å². The summed E-state index contributed by atoms with van der Waals surface area (Å²) >= 11 is 1.70. The second-order valence-electron chi connectivity index (χ2n) is 3.30. The highest BCUT2D eigenvalue weighted by atomic mass is 32.1. The first kappa shape index (κ1) is 8.97. The van der Waals surface area contributed by atoms with E-state index in [1.165, 1.54) is 0 Å². The molecule has 0 aliphatic carbocycles. The fourth-order valence-corrected chi connectivity index (χ4v) is 2.22. The summed E-state index contributed by atoms with van der Waals surface area (Å²) in [7, 11) is 0. The van der Waals surface area contributed by atoms with Crippen molar-refractivity contribution in [2.45, 2.75) is 19.4 Å². The van der Waals surface area contributed by atoms with Crippen LogP contribution in [0.3, 0.4) is 0 Å². The molecule has 1 aromatic rings. The SMILES string of the molecule is CC1CN(c2nccs2)CCCO1. The van der Waals surface area contributed by atoms with E-state index in [1.807, 2.05) is 11.6 Å². The van der Waals surface area contributed by atoms with Gasteiger partial charge in [0.15, 0.2) is 5.13 Å². The van der Waals surface area contributed by atoms with Crippen molar-refractivity contribution in [1.82, 2.24) is 4.98 Å². The maximum atomic E-state index is 5.57. The Morgan fingerprint density at radius 1 is 1.69 bits per heavy atom. The topological polar surface area (TPSA) is 25.4 Å². The third-order valence-electron chi connectivity index (χ3n) is 2.14. The van der Waals surface area contributed by atoms with E-state index in [2.05, 4.69) is 16.8 Å². The summed E-state index contributed by atoms with van der Waals surface area (Å²) in [5.41, 5.74) is 0. The van der Waals surface area contributed by atoms with Crippen LogP contribution in [0.1, 0.15) is 13.3 Å². The van der Waals surface area contributed by atoms with Gasteiger partial charge >= 0.3 is 0 Å². The molecule has 1 aliphatic rings. The van der Waals surface area contributed by atoms with Gasteiger partial charge in [-0.1, -0.05) is 0 Å². The van der Waals surface area contributed by atoms with E-state index in [1.54, 1.807) is 11.3 Å². The molecule has 0 N–H and O–H groups in total. The third kappa shape index (κ3) is 2.19. The average Bonchev–Trinajstić information content (AvgIpc) is 2.56. The molecule has 13 heavy (non-hydrogen) atoms. The zero-order valence-electron chi connectivity index (χ0n) is 7.77. The molecule has 1 unspecified atom stereocenters. The summed E-state index contributed by atoms with van der Waals surface area (Å²) in [6.45, 7) is 5.03. The normalized spacial score (nSPS) is 24.4. The molecule has 1 fully saturated rings. The smallest absolute Gasteiger partial charge is 0.185 e. The standard InChI is InChI=1S/C9H14N2OS/c1-8-7-11(4-2-5-12-8)9-10-3-6-13-9/h3,6,8H,2,4-5,7H2,1H3. The Labute approximate surface area is 82.3 Å². The Morgan fingerprint density at radius 2 is 2.62 bits per heavy atom. The van der Waals surface area contributed by atoms with Gasteiger partial charge < -0.3 is 9.64 Å². The van der Waals surface area contributed by atoms with E-state index < -0.39 is 0 Å². The zero-order chi connectivity index (χ0) is 9.10. The molecule has 1 aliphatic heterocycles. The summed E-state index contributed by atoms with van der Waals surface area (Å²) in [5, 5.41) is 3.14. The molecule has 2 rings (SSSR count). The first-order valence-electron chi connectivity index (χ1n) is 4.62. The first-order chi connectivity index (χ1) is 6.36. The molecular formula is C9H14N2OS. The number of thiazole rings is 1. The molecule has 0 aromatic carbocycles. The molecule has 0 radical (unpaired) electrons. The van der Waals surface area contributed by atoms with Gasteiger partial charge in [0.1, 0.15) is 0 Å². The van der Waals surface area contributed by atoms with Gasteiger partial charge in [0.05, 0.1) is 6.10 Å². The molecule has 1 aromatic heterocycles. The molecule has 72 valence electrons. The molecule has 0 amide bonds. The fourth-order valence-electron chi connectivity index (χ4n) is 1.54. The Balaban J connectivity index is 2.05. The van der Waals surface area contributed by atoms with E-state index in [0.717, 1.165) is 31.2 Å². The van der Waals surface area contributed by atoms with E-state index >= 15 is 0 Å². The lowest BCUT2D eigenvalue weighted by Gasteiger charge is -2.20. The van der Waals surface area contributed by atoms with E-state index in [4.69, 9.17) is 4.74 Å². The van der Waals surface area contributed by atoms with Crippen LogP contribution < -0.4 is 4.90 Å². The monoisotopic (exact) mass is 198 g/mol. The number of aromatic nitrogens is 1. The maximum Gasteiger partial charge on any atom is 0.185 e. The van der Waals surface area contributed by atoms with Gasteiger partial charge in [0, 0.05) is 31.3 Å². The molecule has 1 saturated heterocycles. The lowest BCUT2D eigenvalue weighted by atomic mass is 10.4. The van der Waals surface area contributed by atoms with Gasteiger partial charge in [-0.05, 0) is 13.3 Å². The summed E-state index contributed by atoms with van der Waals surface area (Å²) in [4.78, 5) is 6.61. The number of anilines is 1. The van der Waals surface area contributed by atoms with Crippen LogP contribution in [0.2, 0.25) is 0 Å². The van der Waals surface area contributed by atoms with Crippen LogP contribution in [0.4, 0.5) is 5.13 Å². The minimum absolute atomic E-state index is 0.325. The second kappa shape index (κ2) is 4.07. The number of hydrogen-bond donors (Lipinski definition) is 0. The van der Waals surface area contributed by atoms with Gasteiger partial charge in [0.2, 0.25) is 0 Å². The molecule has 1 atom stereocenters. The van der Waals surface area contributed by atoms with Gasteiger partial charge in [-0.25, -0.2) is 4.98 Å². The highest BCUT2D eigenvalue weighted by Crippen LogP contribution is 2.19. The summed E-state index contributed by atoms with van der Waals surface area (Å²) in [6, 6.07) is 0. The van der Waals surface area contributed by atoms with Crippen molar-refractivity contribution in [1.29, 1.82) is 0 Å². The van der Waals surface area contributed by atoms with Crippen LogP contribution in [0, 0.1) is 0 Å². The van der Waals surface area contributed by atoms with E-state index in [9.17, 15) is 0 Å². The van der Waals surface area contributed by atoms with Gasteiger partial charge in [0.25, 0.3) is 0 Å². The van der Waals surface area contributed by atoms with E-state index in [-0.39, 0.29) is 0 Å². The predicted octanol–water partition coefficient (Wildman–Crippen LogP) is 1.76. The summed E-state index contributed by atoms with van der Waals surface area (Å²) in [5.74, 6) is 0. The Bertz CT molecular complexity index is 250. The molecule has 0 spiro atoms. The Morgan fingerprint density at radius 3 is 3.38 bits per heavy atom. The number of hydrogen-bond acceptors (Lipinski definition) is 4. The lowest BCUT2D eigenvalue weighted by Crippen LogP contribution is -2.29. The average molecular weight is 198 g/mol. The van der Waals surface area contributed by atoms with Gasteiger partial charge in [-0.3, -0.25) is 0 Å². The van der Waals surface area contributed by atoms with Gasteiger partial charge in [-0.2, -0.15) is 0 Å². The van der Waals surface area contributed by atoms with Crippen LogP contribution in [0.25, 0.3) is 0 Å². The molecular weight excluding hydrogens is 184 g/mol. The Kier molecular flexibility index (Phi) is 2.80. The molecule has 2 heterocycles. The van der Waals surface area contributed by atoms with Crippen molar-refractivity contribution < 1.29 is 4.74 Å². The molecule has 4 heteroatoms. The highest BCUT2D eigenvalue weighted by molar-refractivity contribution is 7.13. The van der Waals surface area contributed by atoms with E-state index in [0.29, 0.717) is 6.10 Å². The minimum Gasteiger partial charge on any atom is -0.377 e. The summed E-state index contributed by atoms with van der Waals surface area (Å²) < 4.78 is 5.57. The van der Waals surface area contributed by atoms with Crippen molar-refractivity contribution in [3.05, 3.63) is 11.6 Å². The van der Waals surface area contributed by atoms with Crippen LogP contribution in [-0.2, 0) is 4.74 Å². The predicted molar refractivity (Wildman–Crippen MR) is 54.4 cm³/mol. The van der Waals surface area contributed by atoms with Crippen molar-refractivity contribution in [2.75, 3.05) is 24.6 Å². The van der Waals surface area contributed by atoms with Crippen molar-refractivity contribution in [3.63, 3.8) is 0 Å². The molecule has 0 saturated carbocycles. The first-order valence-corrected chi connectivity index (χ1v) is 5.50. The Hall–Kier alpha value is -0.610. The number of ether oxygens (including phenoxy) is 1. The largest absolute Gasteiger partial charge is 0.377 e. The van der Waals surface area contributed by atoms with Crippen LogP contribution in [0.5, 0.6) is 0 Å². The van der Waals surface area contributed by atoms with Crippen molar-refractivity contribution in [2.24, 2.45) is 0 Å². The van der Waals surface area contributed by atoms with Crippen molar-refractivity contribution >= 4 is 16.5 Å². The van der Waals surface area contributed by atoms with Crippen LogP contribution >= 0.6 is 11.3 Å². The quantitative estimate of drug-likeness (QED) is 0.687.